The molecule has 38 heavy (non-hydrogen) atoms. The monoisotopic (exact) mass is 536 g/mol. The SMILES string of the molecule is C=C[C@H]1CC(C(=O)OCc2ccccc2)(C(=O)OCc2ccccc2)C[C@@H]1O[Si](C(C)C)(C(C)C)C(C)C. The number of benzene rings is 2. The van der Waals surface area contributed by atoms with Gasteiger partial charge in [0, 0.05) is 5.92 Å². The Bertz CT molecular complexity index is 986. The van der Waals surface area contributed by atoms with Gasteiger partial charge in [0.25, 0.3) is 0 Å². The molecule has 0 N–H and O–H groups in total. The Labute approximate surface area is 229 Å². The third-order valence-corrected chi connectivity index (χ3v) is 14.3. The van der Waals surface area contributed by atoms with Crippen LogP contribution < -0.4 is 0 Å². The molecule has 0 aromatic heterocycles. The summed E-state index contributed by atoms with van der Waals surface area (Å²) in [6.07, 6.45) is 2.02. The van der Waals surface area contributed by atoms with E-state index < -0.39 is 25.7 Å². The van der Waals surface area contributed by atoms with Crippen molar-refractivity contribution in [2.24, 2.45) is 11.3 Å². The van der Waals surface area contributed by atoms with Crippen molar-refractivity contribution in [3.05, 3.63) is 84.4 Å². The molecule has 5 nitrogen and oxygen atoms in total. The summed E-state index contributed by atoms with van der Waals surface area (Å²) in [7, 11) is -2.28. The van der Waals surface area contributed by atoms with Crippen molar-refractivity contribution in [1.29, 1.82) is 0 Å². The highest BCUT2D eigenvalue weighted by atomic mass is 28.4. The Balaban J connectivity index is 1.92. The molecule has 0 unspecified atom stereocenters. The van der Waals surface area contributed by atoms with Gasteiger partial charge in [0.05, 0.1) is 6.10 Å². The molecule has 0 radical (unpaired) electrons. The lowest BCUT2D eigenvalue weighted by atomic mass is 9.85. The fraction of sp³-hybridized carbons (Fsp3) is 0.500. The van der Waals surface area contributed by atoms with Crippen molar-refractivity contribution >= 4 is 20.3 Å². The van der Waals surface area contributed by atoms with Crippen LogP contribution in [0.15, 0.2) is 73.3 Å². The molecular formula is C32H44O5Si. The van der Waals surface area contributed by atoms with E-state index in [9.17, 15) is 9.59 Å². The molecule has 0 saturated heterocycles. The number of carbonyl (C=O) groups is 2. The number of esters is 2. The first-order valence-corrected chi connectivity index (χ1v) is 15.9. The summed E-state index contributed by atoms with van der Waals surface area (Å²) in [6.45, 7) is 17.7. The molecule has 2 aromatic carbocycles. The summed E-state index contributed by atoms with van der Waals surface area (Å²) in [5.74, 6) is -1.27. The predicted octanol–water partition coefficient (Wildman–Crippen LogP) is 7.62. The van der Waals surface area contributed by atoms with Crippen LogP contribution in [0.1, 0.15) is 65.5 Å². The minimum Gasteiger partial charge on any atom is -0.460 e. The van der Waals surface area contributed by atoms with Gasteiger partial charge >= 0.3 is 11.9 Å². The average molecular weight is 537 g/mol. The highest BCUT2D eigenvalue weighted by Gasteiger charge is 2.59. The van der Waals surface area contributed by atoms with Crippen LogP contribution in [0.5, 0.6) is 0 Å². The molecule has 0 heterocycles. The standard InChI is InChI=1S/C32H44O5Si/c1-8-28-19-32(30(33)35-21-26-15-11-9-12-16-26,31(34)36-22-27-17-13-10-14-18-27)20-29(28)37-38(23(2)3,24(4)5)25(6)7/h8-18,23-25,28-29H,1,19-22H2,2-7H3/t28-,29-/m0/s1. The Morgan fingerprint density at radius 1 is 0.816 bits per heavy atom. The number of ether oxygens (including phenoxy) is 2. The van der Waals surface area contributed by atoms with Gasteiger partial charge in [-0.1, -0.05) is 108 Å². The van der Waals surface area contributed by atoms with Crippen molar-refractivity contribution in [1.82, 2.24) is 0 Å². The molecule has 0 spiro atoms. The summed E-state index contributed by atoms with van der Waals surface area (Å²) in [5, 5.41) is 0. The predicted molar refractivity (Wildman–Crippen MR) is 154 cm³/mol. The molecule has 2 aromatic rings. The van der Waals surface area contributed by atoms with Gasteiger partial charge in [-0.2, -0.15) is 0 Å². The molecule has 1 saturated carbocycles. The Kier molecular flexibility index (Phi) is 10.1. The Morgan fingerprint density at radius 2 is 1.24 bits per heavy atom. The first kappa shape index (κ1) is 29.8. The average Bonchev–Trinajstić information content (AvgIpc) is 3.29. The maximum Gasteiger partial charge on any atom is 0.323 e. The molecule has 1 aliphatic carbocycles. The molecule has 1 aliphatic rings. The second-order valence-electron chi connectivity index (χ2n) is 11.5. The fourth-order valence-corrected chi connectivity index (χ4v) is 11.9. The second kappa shape index (κ2) is 12.9. The van der Waals surface area contributed by atoms with Crippen LogP contribution in [-0.2, 0) is 36.7 Å². The summed E-state index contributed by atoms with van der Waals surface area (Å²) in [5.41, 5.74) is 1.41. The summed E-state index contributed by atoms with van der Waals surface area (Å²) >= 11 is 0. The maximum atomic E-state index is 13.8. The van der Waals surface area contributed by atoms with Crippen molar-refractivity contribution in [3.8, 4) is 0 Å². The van der Waals surface area contributed by atoms with Crippen molar-refractivity contribution in [2.75, 3.05) is 0 Å². The van der Waals surface area contributed by atoms with Crippen molar-refractivity contribution in [2.45, 2.75) is 90.3 Å². The van der Waals surface area contributed by atoms with Gasteiger partial charge in [-0.25, -0.2) is 0 Å². The lowest BCUT2D eigenvalue weighted by Crippen LogP contribution is -2.51. The van der Waals surface area contributed by atoms with E-state index in [0.717, 1.165) is 11.1 Å². The number of carbonyl (C=O) groups excluding carboxylic acids is 2. The van der Waals surface area contributed by atoms with E-state index in [1.807, 2.05) is 66.7 Å². The number of rotatable bonds is 12. The van der Waals surface area contributed by atoms with Gasteiger partial charge < -0.3 is 13.9 Å². The molecule has 3 rings (SSSR count). The smallest absolute Gasteiger partial charge is 0.323 e. The van der Waals surface area contributed by atoms with Crippen LogP contribution in [0.25, 0.3) is 0 Å². The minimum absolute atomic E-state index is 0.0976. The third-order valence-electron chi connectivity index (χ3n) is 8.18. The van der Waals surface area contributed by atoms with E-state index in [1.165, 1.54) is 0 Å². The topological polar surface area (TPSA) is 61.8 Å². The summed E-state index contributed by atoms with van der Waals surface area (Å²) < 4.78 is 18.7. The molecule has 6 heteroatoms. The van der Waals surface area contributed by atoms with Crippen LogP contribution in [0.4, 0.5) is 0 Å². The lowest BCUT2D eigenvalue weighted by Gasteiger charge is -2.45. The highest BCUT2D eigenvalue weighted by molar-refractivity contribution is 6.77. The molecule has 0 amide bonds. The van der Waals surface area contributed by atoms with Gasteiger partial charge in [-0.05, 0) is 40.6 Å². The van der Waals surface area contributed by atoms with Crippen LogP contribution in [0, 0.1) is 11.3 Å². The maximum absolute atomic E-state index is 13.8. The van der Waals surface area contributed by atoms with Crippen LogP contribution in [0.2, 0.25) is 16.6 Å². The van der Waals surface area contributed by atoms with Gasteiger partial charge in [0.1, 0.15) is 13.2 Å². The highest BCUT2D eigenvalue weighted by Crippen LogP contribution is 2.51. The van der Waals surface area contributed by atoms with E-state index in [4.69, 9.17) is 13.9 Å². The van der Waals surface area contributed by atoms with Gasteiger partial charge in [0.15, 0.2) is 5.41 Å². The Morgan fingerprint density at radius 3 is 1.61 bits per heavy atom. The van der Waals surface area contributed by atoms with Crippen LogP contribution in [0.3, 0.4) is 0 Å². The quantitative estimate of drug-likeness (QED) is 0.121. The van der Waals surface area contributed by atoms with E-state index in [0.29, 0.717) is 16.6 Å². The second-order valence-corrected chi connectivity index (χ2v) is 16.9. The van der Waals surface area contributed by atoms with Gasteiger partial charge in [0.2, 0.25) is 8.32 Å². The largest absolute Gasteiger partial charge is 0.460 e. The number of hydrogen-bond donors (Lipinski definition) is 0. The normalized spacial score (nSPS) is 19.1. The van der Waals surface area contributed by atoms with E-state index in [2.05, 4.69) is 48.1 Å². The summed E-state index contributed by atoms with van der Waals surface area (Å²) in [6, 6.07) is 19.0. The van der Waals surface area contributed by atoms with Crippen LogP contribution in [-0.4, -0.2) is 26.4 Å². The molecule has 206 valence electrons. The first-order valence-electron chi connectivity index (χ1n) is 13.8. The lowest BCUT2D eigenvalue weighted by molar-refractivity contribution is -0.174. The minimum atomic E-state index is -2.28. The number of hydrogen-bond acceptors (Lipinski definition) is 5. The third kappa shape index (κ3) is 6.29. The molecular weight excluding hydrogens is 492 g/mol. The first-order chi connectivity index (χ1) is 18.1. The molecule has 0 aliphatic heterocycles. The molecule has 0 bridgehead atoms. The van der Waals surface area contributed by atoms with Crippen molar-refractivity contribution < 1.29 is 23.5 Å². The van der Waals surface area contributed by atoms with E-state index in [1.54, 1.807) is 0 Å². The summed E-state index contributed by atoms with van der Waals surface area (Å²) in [4.78, 5) is 27.5. The van der Waals surface area contributed by atoms with Gasteiger partial charge in [-0.15, -0.1) is 6.58 Å². The zero-order chi connectivity index (χ0) is 27.9. The van der Waals surface area contributed by atoms with E-state index in [-0.39, 0.29) is 38.1 Å². The Hall–Kier alpha value is -2.70. The van der Waals surface area contributed by atoms with Gasteiger partial charge in [-0.3, -0.25) is 9.59 Å². The van der Waals surface area contributed by atoms with Crippen LogP contribution >= 0.6 is 0 Å². The molecule has 2 atom stereocenters. The van der Waals surface area contributed by atoms with E-state index >= 15 is 0 Å². The zero-order valence-corrected chi connectivity index (χ0v) is 24.8. The van der Waals surface area contributed by atoms with Crippen molar-refractivity contribution in [3.63, 3.8) is 0 Å². The zero-order valence-electron chi connectivity index (χ0n) is 23.8. The molecule has 1 fully saturated rings. The fourth-order valence-electron chi connectivity index (χ4n) is 6.29.